The zero-order chi connectivity index (χ0) is 15.4. The number of nitrogens with one attached hydrogen (secondary N) is 2. The summed E-state index contributed by atoms with van der Waals surface area (Å²) in [5.74, 6) is -1.20. The van der Waals surface area contributed by atoms with Crippen LogP contribution in [0.4, 0.5) is 15.8 Å². The minimum absolute atomic E-state index is 0.0465. The molecule has 7 nitrogen and oxygen atoms in total. The first-order valence-electron chi connectivity index (χ1n) is 6.09. The van der Waals surface area contributed by atoms with Gasteiger partial charge in [-0.25, -0.2) is 4.39 Å². The van der Waals surface area contributed by atoms with Crippen molar-refractivity contribution in [2.24, 2.45) is 0 Å². The first-order chi connectivity index (χ1) is 9.99. The molecule has 21 heavy (non-hydrogen) atoms. The number of amides is 2. The van der Waals surface area contributed by atoms with E-state index in [1.165, 1.54) is 30.2 Å². The SMILES string of the molecule is CNC(=O)Cn1cc(NC(=O)c2ccc(F)cc2N)cn1. The summed E-state index contributed by atoms with van der Waals surface area (Å²) in [5.41, 5.74) is 6.21. The molecule has 1 aromatic heterocycles. The molecule has 0 bridgehead atoms. The third-order valence-electron chi connectivity index (χ3n) is 2.73. The van der Waals surface area contributed by atoms with Gasteiger partial charge in [-0.2, -0.15) is 5.10 Å². The first kappa shape index (κ1) is 14.5. The number of nitrogen functional groups attached to an aromatic ring is 1. The van der Waals surface area contributed by atoms with E-state index in [2.05, 4.69) is 15.7 Å². The van der Waals surface area contributed by atoms with Crippen LogP contribution < -0.4 is 16.4 Å². The van der Waals surface area contributed by atoms with Gasteiger partial charge in [0.05, 0.1) is 17.4 Å². The van der Waals surface area contributed by atoms with Gasteiger partial charge in [-0.05, 0) is 18.2 Å². The predicted octanol–water partition coefficient (Wildman–Crippen LogP) is 0.603. The molecule has 0 saturated heterocycles. The molecule has 0 aliphatic heterocycles. The summed E-state index contributed by atoms with van der Waals surface area (Å²) in [6, 6.07) is 3.53. The van der Waals surface area contributed by atoms with Gasteiger partial charge >= 0.3 is 0 Å². The van der Waals surface area contributed by atoms with Crippen molar-refractivity contribution in [3.05, 3.63) is 42.0 Å². The molecule has 1 aromatic carbocycles. The van der Waals surface area contributed by atoms with E-state index in [1.54, 1.807) is 0 Å². The molecule has 0 atom stereocenters. The van der Waals surface area contributed by atoms with E-state index in [0.29, 0.717) is 5.69 Å². The standard InChI is InChI=1S/C13H14FN5O2/c1-16-12(20)7-19-6-9(5-17-19)18-13(21)10-3-2-8(14)4-11(10)15/h2-6H,7,15H2,1H3,(H,16,20)(H,18,21). The number of halogens is 1. The Kier molecular flexibility index (Phi) is 4.17. The lowest BCUT2D eigenvalue weighted by atomic mass is 10.1. The number of carbonyl (C=O) groups is 2. The highest BCUT2D eigenvalue weighted by molar-refractivity contribution is 6.07. The molecule has 0 fully saturated rings. The molecule has 4 N–H and O–H groups in total. The number of benzene rings is 1. The van der Waals surface area contributed by atoms with Gasteiger partial charge in [-0.1, -0.05) is 0 Å². The van der Waals surface area contributed by atoms with Gasteiger partial charge in [0, 0.05) is 18.9 Å². The average Bonchev–Trinajstić information content (AvgIpc) is 2.85. The lowest BCUT2D eigenvalue weighted by molar-refractivity contribution is -0.121. The normalized spacial score (nSPS) is 10.2. The van der Waals surface area contributed by atoms with Crippen LogP contribution in [0.2, 0.25) is 0 Å². The van der Waals surface area contributed by atoms with Crippen molar-refractivity contribution in [3.8, 4) is 0 Å². The molecule has 0 radical (unpaired) electrons. The monoisotopic (exact) mass is 291 g/mol. The van der Waals surface area contributed by atoms with E-state index in [-0.39, 0.29) is 23.7 Å². The van der Waals surface area contributed by atoms with Gasteiger partial charge in [0.25, 0.3) is 5.91 Å². The van der Waals surface area contributed by atoms with Gasteiger partial charge in [-0.15, -0.1) is 0 Å². The molecular formula is C13H14FN5O2. The second-order valence-electron chi connectivity index (χ2n) is 4.29. The second-order valence-corrected chi connectivity index (χ2v) is 4.29. The van der Waals surface area contributed by atoms with Gasteiger partial charge < -0.3 is 16.4 Å². The van der Waals surface area contributed by atoms with E-state index in [9.17, 15) is 14.0 Å². The quantitative estimate of drug-likeness (QED) is 0.718. The topological polar surface area (TPSA) is 102 Å². The molecule has 2 rings (SSSR count). The number of nitrogens with two attached hydrogens (primary N) is 1. The second kappa shape index (κ2) is 6.04. The molecule has 2 amide bonds. The largest absolute Gasteiger partial charge is 0.398 e. The van der Waals surface area contributed by atoms with Crippen LogP contribution in [0.5, 0.6) is 0 Å². The number of aromatic nitrogens is 2. The summed E-state index contributed by atoms with van der Waals surface area (Å²) in [4.78, 5) is 23.2. The highest BCUT2D eigenvalue weighted by Gasteiger charge is 2.12. The molecule has 8 heteroatoms. The summed E-state index contributed by atoms with van der Waals surface area (Å²) < 4.78 is 14.3. The van der Waals surface area contributed by atoms with Crippen LogP contribution in [0.25, 0.3) is 0 Å². The molecule has 0 saturated carbocycles. The number of nitrogens with zero attached hydrogens (tertiary/aromatic N) is 2. The fourth-order valence-electron chi connectivity index (χ4n) is 1.68. The Morgan fingerprint density at radius 2 is 2.19 bits per heavy atom. The van der Waals surface area contributed by atoms with Gasteiger partial charge in [0.2, 0.25) is 5.91 Å². The highest BCUT2D eigenvalue weighted by Crippen LogP contribution is 2.15. The van der Waals surface area contributed by atoms with E-state index in [4.69, 9.17) is 5.73 Å². The molecule has 2 aromatic rings. The minimum Gasteiger partial charge on any atom is -0.398 e. The van der Waals surface area contributed by atoms with Crippen LogP contribution in [0.15, 0.2) is 30.6 Å². The van der Waals surface area contributed by atoms with Crippen molar-refractivity contribution in [3.63, 3.8) is 0 Å². The zero-order valence-corrected chi connectivity index (χ0v) is 11.3. The third-order valence-corrected chi connectivity index (χ3v) is 2.73. The molecule has 0 unspecified atom stereocenters. The fourth-order valence-corrected chi connectivity index (χ4v) is 1.68. The molecule has 1 heterocycles. The highest BCUT2D eigenvalue weighted by atomic mass is 19.1. The number of carbonyl (C=O) groups excluding carboxylic acids is 2. The number of hydrogen-bond acceptors (Lipinski definition) is 4. The van der Waals surface area contributed by atoms with Gasteiger partial charge in [0.15, 0.2) is 0 Å². The minimum atomic E-state index is -0.512. The molecule has 110 valence electrons. The smallest absolute Gasteiger partial charge is 0.257 e. The third kappa shape index (κ3) is 3.56. The van der Waals surface area contributed by atoms with Crippen LogP contribution >= 0.6 is 0 Å². The molecule has 0 spiro atoms. The predicted molar refractivity (Wildman–Crippen MR) is 75.1 cm³/mol. The van der Waals surface area contributed by atoms with Crippen molar-refractivity contribution in [1.82, 2.24) is 15.1 Å². The van der Waals surface area contributed by atoms with Crippen molar-refractivity contribution >= 4 is 23.2 Å². The van der Waals surface area contributed by atoms with Crippen LogP contribution in [0.1, 0.15) is 10.4 Å². The number of hydrogen-bond donors (Lipinski definition) is 3. The Morgan fingerprint density at radius 3 is 2.86 bits per heavy atom. The van der Waals surface area contributed by atoms with Crippen molar-refractivity contribution in [1.29, 1.82) is 0 Å². The average molecular weight is 291 g/mol. The maximum atomic E-state index is 12.9. The maximum absolute atomic E-state index is 12.9. The Bertz CT molecular complexity index is 683. The van der Waals surface area contributed by atoms with E-state index in [0.717, 1.165) is 12.1 Å². The number of anilines is 2. The first-order valence-corrected chi connectivity index (χ1v) is 6.09. The van der Waals surface area contributed by atoms with Crippen LogP contribution in [-0.2, 0) is 11.3 Å². The lowest BCUT2D eigenvalue weighted by Crippen LogP contribution is -2.23. The van der Waals surface area contributed by atoms with E-state index in [1.807, 2.05) is 0 Å². The summed E-state index contributed by atoms with van der Waals surface area (Å²) >= 11 is 0. The Morgan fingerprint density at radius 1 is 1.43 bits per heavy atom. The summed E-state index contributed by atoms with van der Waals surface area (Å²) in [7, 11) is 1.52. The molecule has 0 aliphatic rings. The fraction of sp³-hybridized carbons (Fsp3) is 0.154. The zero-order valence-electron chi connectivity index (χ0n) is 11.3. The van der Waals surface area contributed by atoms with Crippen LogP contribution in [0, 0.1) is 5.82 Å². The molecule has 0 aliphatic carbocycles. The van der Waals surface area contributed by atoms with Gasteiger partial charge in [-0.3, -0.25) is 14.3 Å². The van der Waals surface area contributed by atoms with E-state index < -0.39 is 11.7 Å². The molecular weight excluding hydrogens is 277 g/mol. The van der Waals surface area contributed by atoms with Crippen molar-refractivity contribution in [2.75, 3.05) is 18.1 Å². The van der Waals surface area contributed by atoms with Crippen molar-refractivity contribution in [2.45, 2.75) is 6.54 Å². The Balaban J connectivity index is 2.07. The number of rotatable bonds is 4. The Hall–Kier alpha value is -2.90. The maximum Gasteiger partial charge on any atom is 0.257 e. The van der Waals surface area contributed by atoms with Crippen molar-refractivity contribution < 1.29 is 14.0 Å². The number of likely N-dealkylation sites (N-methyl/N-ethyl adjacent to an activating group) is 1. The van der Waals surface area contributed by atoms with Crippen LogP contribution in [0.3, 0.4) is 0 Å². The van der Waals surface area contributed by atoms with Gasteiger partial charge in [0.1, 0.15) is 12.4 Å². The van der Waals surface area contributed by atoms with E-state index >= 15 is 0 Å². The summed E-state index contributed by atoms with van der Waals surface area (Å²) in [6.45, 7) is 0.0467. The lowest BCUT2D eigenvalue weighted by Gasteiger charge is -2.05. The summed E-state index contributed by atoms with van der Waals surface area (Å²) in [6.07, 6.45) is 2.91. The summed E-state index contributed by atoms with van der Waals surface area (Å²) in [5, 5.41) is 8.97. The Labute approximate surface area is 119 Å². The van der Waals surface area contributed by atoms with Crippen LogP contribution in [-0.4, -0.2) is 28.6 Å².